The molecular formula is C4H8BO2. The summed E-state index contributed by atoms with van der Waals surface area (Å²) >= 11 is 0. The Balaban J connectivity index is 2.82. The van der Waals surface area contributed by atoms with Gasteiger partial charge in [0.1, 0.15) is 7.28 Å². The topological polar surface area (TPSA) is 37.3 Å². The van der Waals surface area contributed by atoms with Crippen LogP contribution in [0.15, 0.2) is 0 Å². The average molecular weight is 98.9 g/mol. The number of aliphatic carboxylic acids is 1. The van der Waals surface area contributed by atoms with E-state index in [-0.39, 0.29) is 6.42 Å². The lowest BCUT2D eigenvalue weighted by molar-refractivity contribution is -0.136. The summed E-state index contributed by atoms with van der Waals surface area (Å²) in [6.45, 7) is 1.85. The lowest BCUT2D eigenvalue weighted by atomic mass is 9.77. The Bertz CT molecular complexity index is 62.7. The van der Waals surface area contributed by atoms with Gasteiger partial charge in [-0.2, -0.15) is 0 Å². The predicted octanol–water partition coefficient (Wildman–Crippen LogP) is 0.632. The average Bonchev–Trinajstić information content (AvgIpc) is 1.61. The molecule has 0 rings (SSSR count). The molecule has 0 bridgehead atoms. The van der Waals surface area contributed by atoms with E-state index in [4.69, 9.17) is 5.11 Å². The third kappa shape index (κ3) is 5.53. The van der Waals surface area contributed by atoms with Gasteiger partial charge < -0.3 is 5.11 Å². The molecule has 0 aromatic carbocycles. The fourth-order valence-corrected chi connectivity index (χ4v) is 0.268. The van der Waals surface area contributed by atoms with Gasteiger partial charge in [-0.15, -0.1) is 0 Å². The van der Waals surface area contributed by atoms with Crippen LogP contribution < -0.4 is 0 Å². The van der Waals surface area contributed by atoms with Crippen molar-refractivity contribution in [1.82, 2.24) is 0 Å². The van der Waals surface area contributed by atoms with E-state index in [0.29, 0.717) is 6.32 Å². The molecule has 0 saturated carbocycles. The molecule has 0 atom stereocenters. The Morgan fingerprint density at radius 2 is 2.43 bits per heavy atom. The van der Waals surface area contributed by atoms with Crippen LogP contribution in [0.2, 0.25) is 13.1 Å². The lowest BCUT2D eigenvalue weighted by Gasteiger charge is -1.84. The van der Waals surface area contributed by atoms with E-state index in [1.807, 2.05) is 14.1 Å². The van der Waals surface area contributed by atoms with E-state index in [1.54, 1.807) is 0 Å². The number of carboxylic acids is 1. The standard InChI is InChI=1S/C4H8BO2/c1-5-3-2-4(6)7/h2-3H2,1H3,(H,6,7). The largest absolute Gasteiger partial charge is 0.481 e. The SMILES string of the molecule is C[B]CCC(=O)O. The number of carbonyl (C=O) groups is 1. The molecule has 0 fully saturated rings. The molecule has 7 heavy (non-hydrogen) atoms. The van der Waals surface area contributed by atoms with Crippen LogP contribution in [0.3, 0.4) is 0 Å². The Labute approximate surface area is 43.8 Å². The second-order valence-electron chi connectivity index (χ2n) is 1.34. The number of rotatable bonds is 3. The molecule has 0 aromatic heterocycles. The fraction of sp³-hybridized carbons (Fsp3) is 0.750. The van der Waals surface area contributed by atoms with Crippen molar-refractivity contribution in [3.05, 3.63) is 0 Å². The van der Waals surface area contributed by atoms with Crippen molar-refractivity contribution in [3.63, 3.8) is 0 Å². The molecule has 1 radical (unpaired) electrons. The van der Waals surface area contributed by atoms with Crippen LogP contribution in [0.1, 0.15) is 6.42 Å². The van der Waals surface area contributed by atoms with Gasteiger partial charge in [0.25, 0.3) is 0 Å². The highest BCUT2D eigenvalue weighted by atomic mass is 16.4. The molecule has 0 aliphatic heterocycles. The zero-order valence-electron chi connectivity index (χ0n) is 4.35. The molecule has 0 unspecified atom stereocenters. The van der Waals surface area contributed by atoms with Gasteiger partial charge in [-0.1, -0.05) is 13.1 Å². The van der Waals surface area contributed by atoms with Crippen LogP contribution in [-0.2, 0) is 4.79 Å². The van der Waals surface area contributed by atoms with Crippen molar-refractivity contribution < 1.29 is 9.90 Å². The van der Waals surface area contributed by atoms with E-state index in [0.717, 1.165) is 0 Å². The van der Waals surface area contributed by atoms with Crippen LogP contribution in [-0.4, -0.2) is 18.4 Å². The summed E-state index contributed by atoms with van der Waals surface area (Å²) in [6, 6.07) is 0. The van der Waals surface area contributed by atoms with E-state index in [1.165, 1.54) is 0 Å². The molecule has 1 N–H and O–H groups in total. The van der Waals surface area contributed by atoms with Crippen LogP contribution >= 0.6 is 0 Å². The second-order valence-corrected chi connectivity index (χ2v) is 1.34. The third-order valence-electron chi connectivity index (χ3n) is 0.647. The zero-order chi connectivity index (χ0) is 5.70. The van der Waals surface area contributed by atoms with Crippen LogP contribution in [0.25, 0.3) is 0 Å². The van der Waals surface area contributed by atoms with E-state index < -0.39 is 5.97 Å². The number of hydrogen-bond donors (Lipinski definition) is 1. The summed E-state index contributed by atoms with van der Waals surface area (Å²) < 4.78 is 0. The van der Waals surface area contributed by atoms with Crippen molar-refractivity contribution in [2.75, 3.05) is 0 Å². The van der Waals surface area contributed by atoms with E-state index >= 15 is 0 Å². The first-order valence-electron chi connectivity index (χ1n) is 2.27. The van der Waals surface area contributed by atoms with Gasteiger partial charge in [-0.25, -0.2) is 0 Å². The highest BCUT2D eigenvalue weighted by molar-refractivity contribution is 6.33. The molecule has 39 valence electrons. The zero-order valence-corrected chi connectivity index (χ0v) is 4.35. The summed E-state index contributed by atoms with van der Waals surface area (Å²) in [6.07, 6.45) is 0.936. The van der Waals surface area contributed by atoms with Gasteiger partial charge in [0.05, 0.1) is 0 Å². The molecule has 0 amide bonds. The Morgan fingerprint density at radius 3 is 2.57 bits per heavy atom. The minimum absolute atomic E-state index is 0.260. The van der Waals surface area contributed by atoms with Crippen molar-refractivity contribution in [2.45, 2.75) is 19.6 Å². The summed E-state index contributed by atoms with van der Waals surface area (Å²) in [5.41, 5.74) is 0. The molecule has 0 aromatic rings. The van der Waals surface area contributed by atoms with Gasteiger partial charge in [-0.05, 0) is 0 Å². The van der Waals surface area contributed by atoms with Gasteiger partial charge in [0, 0.05) is 6.42 Å². The fourth-order valence-electron chi connectivity index (χ4n) is 0.268. The molecule has 2 nitrogen and oxygen atoms in total. The highest BCUT2D eigenvalue weighted by Gasteiger charge is 1.91. The first-order valence-corrected chi connectivity index (χ1v) is 2.27. The molecular weight excluding hydrogens is 90.9 g/mol. The van der Waals surface area contributed by atoms with Crippen molar-refractivity contribution in [1.29, 1.82) is 0 Å². The molecule has 0 aliphatic rings. The lowest BCUT2D eigenvalue weighted by Crippen LogP contribution is -1.94. The van der Waals surface area contributed by atoms with E-state index in [9.17, 15) is 4.79 Å². The van der Waals surface area contributed by atoms with Gasteiger partial charge in [0.2, 0.25) is 0 Å². The smallest absolute Gasteiger partial charge is 0.302 e. The van der Waals surface area contributed by atoms with Gasteiger partial charge in [-0.3, -0.25) is 4.79 Å². The number of carboxylic acid groups (broad SMARTS) is 1. The van der Waals surface area contributed by atoms with Crippen LogP contribution in [0.5, 0.6) is 0 Å². The maximum absolute atomic E-state index is 9.74. The molecule has 0 heterocycles. The van der Waals surface area contributed by atoms with Crippen molar-refractivity contribution in [2.24, 2.45) is 0 Å². The minimum atomic E-state index is -0.724. The quantitative estimate of drug-likeness (QED) is 0.527. The first kappa shape index (κ1) is 6.53. The van der Waals surface area contributed by atoms with Crippen molar-refractivity contribution >= 4 is 13.2 Å². The molecule has 0 aliphatic carbocycles. The normalized spacial score (nSPS) is 8.14. The molecule has 3 heteroatoms. The summed E-state index contributed by atoms with van der Waals surface area (Å²) in [4.78, 5) is 9.74. The maximum atomic E-state index is 9.74. The summed E-state index contributed by atoms with van der Waals surface area (Å²) in [5, 5.41) is 8.02. The minimum Gasteiger partial charge on any atom is -0.481 e. The van der Waals surface area contributed by atoms with Gasteiger partial charge >= 0.3 is 5.97 Å². The predicted molar refractivity (Wildman–Crippen MR) is 28.7 cm³/mol. The maximum Gasteiger partial charge on any atom is 0.302 e. The highest BCUT2D eigenvalue weighted by Crippen LogP contribution is 1.85. The summed E-state index contributed by atoms with van der Waals surface area (Å²) in [5.74, 6) is -0.724. The van der Waals surface area contributed by atoms with Crippen LogP contribution in [0, 0.1) is 0 Å². The Hall–Kier alpha value is -0.465. The molecule has 0 saturated heterocycles. The first-order chi connectivity index (χ1) is 3.27. The summed E-state index contributed by atoms with van der Waals surface area (Å²) in [7, 11) is 1.84. The Kier molecular flexibility index (Phi) is 3.47. The van der Waals surface area contributed by atoms with Crippen molar-refractivity contribution in [3.8, 4) is 0 Å². The monoisotopic (exact) mass is 99.1 g/mol. The Morgan fingerprint density at radius 1 is 1.86 bits per heavy atom. The van der Waals surface area contributed by atoms with E-state index in [2.05, 4.69) is 0 Å². The number of hydrogen-bond acceptors (Lipinski definition) is 1. The third-order valence-corrected chi connectivity index (χ3v) is 0.647. The molecule has 0 spiro atoms. The second kappa shape index (κ2) is 3.72. The van der Waals surface area contributed by atoms with Crippen LogP contribution in [0.4, 0.5) is 0 Å². The van der Waals surface area contributed by atoms with Gasteiger partial charge in [0.15, 0.2) is 0 Å².